The van der Waals surface area contributed by atoms with Gasteiger partial charge in [-0.15, -0.1) is 0 Å². The Balaban J connectivity index is 1.98. The van der Waals surface area contributed by atoms with Crippen molar-refractivity contribution in [2.45, 2.75) is 50.1 Å². The third kappa shape index (κ3) is 1.44. The van der Waals surface area contributed by atoms with Crippen LogP contribution in [0.4, 0.5) is 0 Å². The molecule has 2 bridgehead atoms. The van der Waals surface area contributed by atoms with Gasteiger partial charge in [-0.2, -0.15) is 0 Å². The molecular formula is C10H17BrO. The zero-order valence-corrected chi connectivity index (χ0v) is 9.38. The first-order valence-electron chi connectivity index (χ1n) is 4.98. The summed E-state index contributed by atoms with van der Waals surface area (Å²) in [7, 11) is 0. The predicted molar refractivity (Wildman–Crippen MR) is 53.6 cm³/mol. The third-order valence-electron chi connectivity index (χ3n) is 3.17. The van der Waals surface area contributed by atoms with E-state index in [0.29, 0.717) is 17.0 Å². The van der Waals surface area contributed by atoms with Gasteiger partial charge in [-0.3, -0.25) is 0 Å². The van der Waals surface area contributed by atoms with Gasteiger partial charge in [-0.1, -0.05) is 15.9 Å². The molecule has 2 rings (SSSR count). The molecule has 70 valence electrons. The average Bonchev–Trinajstić information content (AvgIpc) is 2.53. The molecule has 2 heteroatoms. The van der Waals surface area contributed by atoms with Gasteiger partial charge in [0.25, 0.3) is 0 Å². The van der Waals surface area contributed by atoms with Gasteiger partial charge in [0.2, 0.25) is 0 Å². The molecule has 0 unspecified atom stereocenters. The summed E-state index contributed by atoms with van der Waals surface area (Å²) in [5.74, 6) is 1.75. The maximum absolute atomic E-state index is 5.91. The van der Waals surface area contributed by atoms with E-state index >= 15 is 0 Å². The van der Waals surface area contributed by atoms with E-state index in [1.54, 1.807) is 0 Å². The van der Waals surface area contributed by atoms with Crippen molar-refractivity contribution in [3.05, 3.63) is 0 Å². The molecule has 12 heavy (non-hydrogen) atoms. The Bertz CT molecular complexity index is 167. The maximum atomic E-state index is 5.91. The molecule has 0 aromatic heterocycles. The van der Waals surface area contributed by atoms with Gasteiger partial charge in [0.15, 0.2) is 0 Å². The molecule has 2 saturated carbocycles. The lowest BCUT2D eigenvalue weighted by molar-refractivity contribution is -0.0175. The van der Waals surface area contributed by atoms with E-state index in [1.807, 2.05) is 0 Å². The molecule has 4 atom stereocenters. The zero-order valence-electron chi connectivity index (χ0n) is 7.79. The molecule has 0 N–H and O–H groups in total. The van der Waals surface area contributed by atoms with Crippen LogP contribution >= 0.6 is 15.9 Å². The highest BCUT2D eigenvalue weighted by Crippen LogP contribution is 2.49. The molecule has 0 aromatic carbocycles. The van der Waals surface area contributed by atoms with Gasteiger partial charge >= 0.3 is 0 Å². The fourth-order valence-electron chi connectivity index (χ4n) is 2.67. The summed E-state index contributed by atoms with van der Waals surface area (Å²) < 4.78 is 5.91. The summed E-state index contributed by atoms with van der Waals surface area (Å²) in [6.07, 6.45) is 5.09. The van der Waals surface area contributed by atoms with Crippen LogP contribution in [0.5, 0.6) is 0 Å². The molecule has 0 heterocycles. The van der Waals surface area contributed by atoms with Crippen LogP contribution in [0.1, 0.15) is 33.1 Å². The molecule has 0 radical (unpaired) electrons. The van der Waals surface area contributed by atoms with Crippen molar-refractivity contribution in [3.8, 4) is 0 Å². The Kier molecular flexibility index (Phi) is 2.48. The number of hydrogen-bond donors (Lipinski definition) is 0. The second-order valence-electron chi connectivity index (χ2n) is 4.43. The topological polar surface area (TPSA) is 9.23 Å². The Morgan fingerprint density at radius 2 is 1.92 bits per heavy atom. The van der Waals surface area contributed by atoms with Crippen LogP contribution in [0.15, 0.2) is 0 Å². The molecule has 0 saturated heterocycles. The van der Waals surface area contributed by atoms with Gasteiger partial charge in [0, 0.05) is 4.83 Å². The second kappa shape index (κ2) is 3.30. The van der Waals surface area contributed by atoms with E-state index in [4.69, 9.17) is 4.74 Å². The first-order chi connectivity index (χ1) is 5.68. The highest BCUT2D eigenvalue weighted by molar-refractivity contribution is 9.09. The first-order valence-corrected chi connectivity index (χ1v) is 5.89. The normalized spacial score (nSPS) is 46.0. The molecule has 0 aromatic rings. The molecule has 0 amide bonds. The maximum Gasteiger partial charge on any atom is 0.0734 e. The Morgan fingerprint density at radius 3 is 2.42 bits per heavy atom. The minimum Gasteiger partial charge on any atom is -0.374 e. The largest absolute Gasteiger partial charge is 0.374 e. The lowest BCUT2D eigenvalue weighted by atomic mass is 9.97. The number of halogens is 1. The van der Waals surface area contributed by atoms with Crippen molar-refractivity contribution in [1.82, 2.24) is 0 Å². The summed E-state index contributed by atoms with van der Waals surface area (Å²) in [5, 5.41) is 0. The SMILES string of the molecule is CC(C)O[C@@H]1[C@H]2CC[C@H](C2)[C@H]1Br. The van der Waals surface area contributed by atoms with E-state index in [9.17, 15) is 0 Å². The molecule has 1 nitrogen and oxygen atoms in total. The first kappa shape index (κ1) is 9.01. The van der Waals surface area contributed by atoms with E-state index in [1.165, 1.54) is 19.3 Å². The van der Waals surface area contributed by atoms with Crippen molar-refractivity contribution in [3.63, 3.8) is 0 Å². The second-order valence-corrected chi connectivity index (χ2v) is 5.48. The number of alkyl halides is 1. The predicted octanol–water partition coefficient (Wildman–Crippen LogP) is 2.97. The highest BCUT2D eigenvalue weighted by atomic mass is 79.9. The van der Waals surface area contributed by atoms with Crippen LogP contribution in [0.3, 0.4) is 0 Å². The number of ether oxygens (including phenoxy) is 1. The number of hydrogen-bond acceptors (Lipinski definition) is 1. The van der Waals surface area contributed by atoms with Gasteiger partial charge in [0.05, 0.1) is 12.2 Å². The minimum absolute atomic E-state index is 0.384. The van der Waals surface area contributed by atoms with Gasteiger partial charge in [-0.05, 0) is 44.9 Å². The van der Waals surface area contributed by atoms with Crippen molar-refractivity contribution < 1.29 is 4.74 Å². The van der Waals surface area contributed by atoms with E-state index in [0.717, 1.165) is 11.8 Å². The van der Waals surface area contributed by atoms with E-state index in [-0.39, 0.29) is 0 Å². The van der Waals surface area contributed by atoms with Crippen LogP contribution in [-0.4, -0.2) is 17.0 Å². The molecular weight excluding hydrogens is 216 g/mol. The summed E-state index contributed by atoms with van der Waals surface area (Å²) in [6.45, 7) is 4.26. The Labute approximate surface area is 83.0 Å². The van der Waals surface area contributed by atoms with Gasteiger partial charge in [0.1, 0.15) is 0 Å². The van der Waals surface area contributed by atoms with Crippen LogP contribution in [0, 0.1) is 11.8 Å². The van der Waals surface area contributed by atoms with E-state index < -0.39 is 0 Å². The molecule has 0 spiro atoms. The third-order valence-corrected chi connectivity index (χ3v) is 4.44. The molecule has 2 aliphatic rings. The fraction of sp³-hybridized carbons (Fsp3) is 1.00. The van der Waals surface area contributed by atoms with Gasteiger partial charge in [-0.25, -0.2) is 0 Å². The van der Waals surface area contributed by atoms with Crippen molar-refractivity contribution >= 4 is 15.9 Å². The van der Waals surface area contributed by atoms with Crippen LogP contribution < -0.4 is 0 Å². The van der Waals surface area contributed by atoms with Crippen LogP contribution in [0.25, 0.3) is 0 Å². The molecule has 2 aliphatic carbocycles. The van der Waals surface area contributed by atoms with Crippen molar-refractivity contribution in [2.24, 2.45) is 11.8 Å². The lowest BCUT2D eigenvalue weighted by Crippen LogP contribution is -2.32. The Hall–Kier alpha value is 0.440. The zero-order chi connectivity index (χ0) is 8.72. The van der Waals surface area contributed by atoms with Crippen LogP contribution in [0.2, 0.25) is 0 Å². The fourth-order valence-corrected chi connectivity index (χ4v) is 3.71. The number of fused-ring (bicyclic) bond motifs is 2. The Morgan fingerprint density at radius 1 is 1.25 bits per heavy atom. The van der Waals surface area contributed by atoms with Gasteiger partial charge < -0.3 is 4.74 Å². The standard InChI is InChI=1S/C10H17BrO/c1-6(2)12-10-8-4-3-7(5-8)9(10)11/h6-10H,3-5H2,1-2H3/t7-,8+,9-,10-/m1/s1. The quantitative estimate of drug-likeness (QED) is 0.666. The lowest BCUT2D eigenvalue weighted by Gasteiger charge is -2.28. The number of rotatable bonds is 2. The van der Waals surface area contributed by atoms with Crippen molar-refractivity contribution in [1.29, 1.82) is 0 Å². The van der Waals surface area contributed by atoms with Crippen molar-refractivity contribution in [2.75, 3.05) is 0 Å². The smallest absolute Gasteiger partial charge is 0.0734 e. The van der Waals surface area contributed by atoms with Crippen LogP contribution in [-0.2, 0) is 4.74 Å². The molecule has 2 fully saturated rings. The average molecular weight is 233 g/mol. The summed E-state index contributed by atoms with van der Waals surface area (Å²) in [5.41, 5.74) is 0. The highest BCUT2D eigenvalue weighted by Gasteiger charge is 2.47. The monoisotopic (exact) mass is 232 g/mol. The van der Waals surface area contributed by atoms with E-state index in [2.05, 4.69) is 29.8 Å². The minimum atomic E-state index is 0.384. The molecule has 0 aliphatic heterocycles. The summed E-state index contributed by atoms with van der Waals surface area (Å²) in [6, 6.07) is 0. The summed E-state index contributed by atoms with van der Waals surface area (Å²) in [4.78, 5) is 0.638. The summed E-state index contributed by atoms with van der Waals surface area (Å²) >= 11 is 3.77.